The lowest BCUT2D eigenvalue weighted by Gasteiger charge is -2.34. The van der Waals surface area contributed by atoms with Crippen molar-refractivity contribution < 1.29 is 17.9 Å². The standard InChI is InChI=1S/C13H17F3N2O/c1-17-10-4-3-7-18(9-10)11-5-2-6-12(8-11)19-13(14,15)16/h2,5-6,8,10,17H,3-4,7,9H2,1H3. The summed E-state index contributed by atoms with van der Waals surface area (Å²) in [5.74, 6) is -0.170. The van der Waals surface area contributed by atoms with E-state index in [4.69, 9.17) is 0 Å². The van der Waals surface area contributed by atoms with Crippen LogP contribution in [-0.2, 0) is 0 Å². The molecule has 1 aliphatic heterocycles. The van der Waals surface area contributed by atoms with Crippen LogP contribution in [0.1, 0.15) is 12.8 Å². The Bertz CT molecular complexity index is 423. The second-order valence-electron chi connectivity index (χ2n) is 4.62. The van der Waals surface area contributed by atoms with Gasteiger partial charge in [0.15, 0.2) is 0 Å². The van der Waals surface area contributed by atoms with Gasteiger partial charge in [-0.2, -0.15) is 0 Å². The molecule has 0 bridgehead atoms. The molecule has 106 valence electrons. The molecule has 1 saturated heterocycles. The van der Waals surface area contributed by atoms with Crippen LogP contribution in [0.4, 0.5) is 18.9 Å². The fourth-order valence-electron chi connectivity index (χ4n) is 2.32. The molecule has 0 radical (unpaired) electrons. The van der Waals surface area contributed by atoms with Crippen LogP contribution in [0.25, 0.3) is 0 Å². The van der Waals surface area contributed by atoms with Gasteiger partial charge in [-0.1, -0.05) is 6.07 Å². The van der Waals surface area contributed by atoms with Crippen LogP contribution in [0.5, 0.6) is 5.75 Å². The van der Waals surface area contributed by atoms with Gasteiger partial charge in [-0.05, 0) is 32.0 Å². The fraction of sp³-hybridized carbons (Fsp3) is 0.538. The largest absolute Gasteiger partial charge is 0.573 e. The van der Waals surface area contributed by atoms with Crippen LogP contribution in [0.2, 0.25) is 0 Å². The molecule has 19 heavy (non-hydrogen) atoms. The summed E-state index contributed by atoms with van der Waals surface area (Å²) in [5, 5.41) is 3.20. The maximum Gasteiger partial charge on any atom is 0.573 e. The Kier molecular flexibility index (Phi) is 4.19. The summed E-state index contributed by atoms with van der Waals surface area (Å²) in [5.41, 5.74) is 0.765. The van der Waals surface area contributed by atoms with E-state index in [1.54, 1.807) is 12.1 Å². The van der Waals surface area contributed by atoms with Crippen LogP contribution in [0.3, 0.4) is 0 Å². The molecular weight excluding hydrogens is 257 g/mol. The lowest BCUT2D eigenvalue weighted by atomic mass is 10.1. The SMILES string of the molecule is CNC1CCCN(c2cccc(OC(F)(F)F)c2)C1. The van der Waals surface area contributed by atoms with Gasteiger partial charge in [-0.25, -0.2) is 0 Å². The van der Waals surface area contributed by atoms with Crippen molar-refractivity contribution in [2.24, 2.45) is 0 Å². The summed E-state index contributed by atoms with van der Waals surface area (Å²) in [4.78, 5) is 2.08. The third-order valence-corrected chi connectivity index (χ3v) is 3.25. The average molecular weight is 274 g/mol. The van der Waals surface area contributed by atoms with Crippen LogP contribution >= 0.6 is 0 Å². The van der Waals surface area contributed by atoms with Crippen molar-refractivity contribution in [2.45, 2.75) is 25.2 Å². The van der Waals surface area contributed by atoms with Crippen molar-refractivity contribution in [1.82, 2.24) is 5.32 Å². The third kappa shape index (κ3) is 4.02. The molecule has 0 saturated carbocycles. The molecule has 1 aromatic rings. The van der Waals surface area contributed by atoms with E-state index in [0.29, 0.717) is 6.04 Å². The molecule has 2 rings (SSSR count). The zero-order valence-corrected chi connectivity index (χ0v) is 10.7. The van der Waals surface area contributed by atoms with Crippen LogP contribution in [0, 0.1) is 0 Å². The van der Waals surface area contributed by atoms with Gasteiger partial charge < -0.3 is 15.0 Å². The molecule has 1 unspecified atom stereocenters. The average Bonchev–Trinajstić information content (AvgIpc) is 2.37. The third-order valence-electron chi connectivity index (χ3n) is 3.25. The molecule has 1 aliphatic rings. The number of nitrogens with zero attached hydrogens (tertiary/aromatic N) is 1. The van der Waals surface area contributed by atoms with E-state index in [0.717, 1.165) is 31.6 Å². The number of alkyl halides is 3. The zero-order valence-electron chi connectivity index (χ0n) is 10.7. The predicted octanol–water partition coefficient (Wildman–Crippen LogP) is 2.77. The van der Waals surface area contributed by atoms with Gasteiger partial charge in [0.05, 0.1) is 0 Å². The number of likely N-dealkylation sites (N-methyl/N-ethyl adjacent to an activating group) is 1. The highest BCUT2D eigenvalue weighted by Gasteiger charge is 2.31. The molecule has 0 aromatic heterocycles. The minimum Gasteiger partial charge on any atom is -0.406 e. The summed E-state index contributed by atoms with van der Waals surface area (Å²) < 4.78 is 40.5. The van der Waals surface area contributed by atoms with Crippen molar-refractivity contribution in [3.8, 4) is 5.75 Å². The van der Waals surface area contributed by atoms with E-state index >= 15 is 0 Å². The van der Waals surface area contributed by atoms with E-state index in [1.807, 2.05) is 7.05 Å². The highest BCUT2D eigenvalue weighted by molar-refractivity contribution is 5.51. The van der Waals surface area contributed by atoms with Crippen molar-refractivity contribution in [3.05, 3.63) is 24.3 Å². The van der Waals surface area contributed by atoms with Gasteiger partial charge >= 0.3 is 6.36 Å². The first-order chi connectivity index (χ1) is 8.98. The fourth-order valence-corrected chi connectivity index (χ4v) is 2.32. The number of ether oxygens (including phenoxy) is 1. The van der Waals surface area contributed by atoms with Crippen LogP contribution in [-0.4, -0.2) is 32.5 Å². The van der Waals surface area contributed by atoms with E-state index < -0.39 is 6.36 Å². The van der Waals surface area contributed by atoms with Crippen molar-refractivity contribution in [1.29, 1.82) is 0 Å². The quantitative estimate of drug-likeness (QED) is 0.917. The Morgan fingerprint density at radius 3 is 2.84 bits per heavy atom. The van der Waals surface area contributed by atoms with Crippen LogP contribution in [0.15, 0.2) is 24.3 Å². The first-order valence-corrected chi connectivity index (χ1v) is 6.26. The maximum atomic E-state index is 12.2. The van der Waals surface area contributed by atoms with E-state index in [9.17, 15) is 13.2 Å². The summed E-state index contributed by atoms with van der Waals surface area (Å²) in [7, 11) is 1.90. The highest BCUT2D eigenvalue weighted by atomic mass is 19.4. The minimum atomic E-state index is -4.64. The zero-order chi connectivity index (χ0) is 13.9. The van der Waals surface area contributed by atoms with E-state index in [1.165, 1.54) is 12.1 Å². The number of rotatable bonds is 3. The molecule has 6 heteroatoms. The predicted molar refractivity (Wildman–Crippen MR) is 67.4 cm³/mol. The van der Waals surface area contributed by atoms with Crippen molar-refractivity contribution in [2.75, 3.05) is 25.0 Å². The molecular formula is C13H17F3N2O. The Labute approximate surface area is 110 Å². The molecule has 0 aliphatic carbocycles. The number of piperidine rings is 1. The molecule has 1 N–H and O–H groups in total. The smallest absolute Gasteiger partial charge is 0.406 e. The maximum absolute atomic E-state index is 12.2. The number of nitrogens with one attached hydrogen (secondary N) is 1. The van der Waals surface area contributed by atoms with Gasteiger partial charge in [0.25, 0.3) is 0 Å². The summed E-state index contributed by atoms with van der Waals surface area (Å²) in [6.45, 7) is 1.65. The van der Waals surface area contributed by atoms with Gasteiger partial charge in [0.2, 0.25) is 0 Å². The van der Waals surface area contributed by atoms with E-state index in [2.05, 4.69) is 15.0 Å². The Balaban J connectivity index is 2.09. The first-order valence-electron chi connectivity index (χ1n) is 6.26. The molecule has 1 heterocycles. The number of halogens is 3. The highest BCUT2D eigenvalue weighted by Crippen LogP contribution is 2.28. The number of benzene rings is 1. The molecule has 1 atom stereocenters. The lowest BCUT2D eigenvalue weighted by Crippen LogP contribution is -2.44. The van der Waals surface area contributed by atoms with Gasteiger partial charge in [-0.3, -0.25) is 0 Å². The lowest BCUT2D eigenvalue weighted by molar-refractivity contribution is -0.274. The van der Waals surface area contributed by atoms with Crippen molar-refractivity contribution >= 4 is 5.69 Å². The second kappa shape index (κ2) is 5.69. The first kappa shape index (κ1) is 14.0. The molecule has 0 amide bonds. The normalized spacial score (nSPS) is 20.4. The van der Waals surface area contributed by atoms with E-state index in [-0.39, 0.29) is 5.75 Å². The number of anilines is 1. The Morgan fingerprint density at radius 2 is 2.16 bits per heavy atom. The van der Waals surface area contributed by atoms with Crippen LogP contribution < -0.4 is 15.0 Å². The van der Waals surface area contributed by atoms with Gasteiger partial charge in [-0.15, -0.1) is 13.2 Å². The van der Waals surface area contributed by atoms with Crippen molar-refractivity contribution in [3.63, 3.8) is 0 Å². The molecule has 3 nitrogen and oxygen atoms in total. The van der Waals surface area contributed by atoms with Gasteiger partial charge in [0.1, 0.15) is 5.75 Å². The molecule has 0 spiro atoms. The minimum absolute atomic E-state index is 0.170. The second-order valence-corrected chi connectivity index (χ2v) is 4.62. The number of hydrogen-bond donors (Lipinski definition) is 1. The monoisotopic (exact) mass is 274 g/mol. The Morgan fingerprint density at radius 1 is 1.37 bits per heavy atom. The summed E-state index contributed by atoms with van der Waals surface area (Å²) in [6.07, 6.45) is -2.53. The Hall–Kier alpha value is -1.43. The molecule has 1 aromatic carbocycles. The summed E-state index contributed by atoms with van der Waals surface area (Å²) in [6, 6.07) is 6.52. The number of hydrogen-bond acceptors (Lipinski definition) is 3. The van der Waals surface area contributed by atoms with Gasteiger partial charge in [0, 0.05) is 30.9 Å². The summed E-state index contributed by atoms with van der Waals surface area (Å²) >= 11 is 0. The topological polar surface area (TPSA) is 24.5 Å². The molecule has 1 fully saturated rings.